The highest BCUT2D eigenvalue weighted by molar-refractivity contribution is 5.62. The minimum absolute atomic E-state index is 0.318. The molecule has 0 atom stereocenters. The van der Waals surface area contributed by atoms with Crippen LogP contribution in [-0.2, 0) is 11.2 Å². The predicted molar refractivity (Wildman–Crippen MR) is 67.0 cm³/mol. The molecule has 5 heteroatoms. The second-order valence-corrected chi connectivity index (χ2v) is 3.47. The lowest BCUT2D eigenvalue weighted by atomic mass is 10.1. The summed E-state index contributed by atoms with van der Waals surface area (Å²) in [6.45, 7) is 3.55. The molecule has 17 heavy (non-hydrogen) atoms. The van der Waals surface area contributed by atoms with Crippen molar-refractivity contribution in [2.24, 2.45) is 5.73 Å². The van der Waals surface area contributed by atoms with E-state index in [2.05, 4.69) is 5.32 Å². The number of carbonyl (C=O) groups is 1. The first kappa shape index (κ1) is 15.4. The third-order valence-electron chi connectivity index (χ3n) is 1.85. The Morgan fingerprint density at radius 1 is 1.29 bits per heavy atom. The van der Waals surface area contributed by atoms with Crippen molar-refractivity contribution in [2.45, 2.75) is 13.3 Å². The Balaban J connectivity index is 0.000000557. The van der Waals surface area contributed by atoms with Gasteiger partial charge in [0, 0.05) is 20.0 Å². The fourth-order valence-corrected chi connectivity index (χ4v) is 1.12. The van der Waals surface area contributed by atoms with Crippen LogP contribution in [0.25, 0.3) is 0 Å². The molecular weight excluding hydrogens is 220 g/mol. The number of hydrogen-bond acceptors (Lipinski definition) is 4. The Morgan fingerprint density at radius 2 is 1.82 bits per heavy atom. The zero-order chi connectivity index (χ0) is 13.1. The number of aromatic hydroxyl groups is 1. The second kappa shape index (κ2) is 9.62. The molecule has 0 fully saturated rings. The number of phenols is 1. The largest absolute Gasteiger partial charge is 0.508 e. The number of hydrogen-bond donors (Lipinski definition) is 4. The van der Waals surface area contributed by atoms with Gasteiger partial charge < -0.3 is 21.3 Å². The molecule has 1 aromatic carbocycles. The molecule has 0 aromatic heterocycles. The summed E-state index contributed by atoms with van der Waals surface area (Å²) in [5.74, 6) is -0.515. The minimum atomic E-state index is -0.833. The van der Waals surface area contributed by atoms with E-state index in [4.69, 9.17) is 20.7 Å². The van der Waals surface area contributed by atoms with Gasteiger partial charge >= 0.3 is 0 Å². The summed E-state index contributed by atoms with van der Waals surface area (Å²) in [5, 5.41) is 19.7. The fourth-order valence-electron chi connectivity index (χ4n) is 1.12. The first-order valence-corrected chi connectivity index (χ1v) is 5.44. The van der Waals surface area contributed by atoms with E-state index >= 15 is 0 Å². The van der Waals surface area contributed by atoms with E-state index in [9.17, 15) is 0 Å². The van der Waals surface area contributed by atoms with Gasteiger partial charge in [-0.3, -0.25) is 4.79 Å². The number of rotatable bonds is 5. The third kappa shape index (κ3) is 10.7. The van der Waals surface area contributed by atoms with Crippen LogP contribution in [0.1, 0.15) is 12.5 Å². The maximum Gasteiger partial charge on any atom is 0.300 e. The summed E-state index contributed by atoms with van der Waals surface area (Å²) >= 11 is 0. The van der Waals surface area contributed by atoms with Crippen LogP contribution in [0.3, 0.4) is 0 Å². The Kier molecular flexibility index (Phi) is 8.72. The SMILES string of the molecule is CC(=O)O.NCCNCCc1ccc(O)cc1. The van der Waals surface area contributed by atoms with Gasteiger partial charge in [-0.25, -0.2) is 0 Å². The number of benzene rings is 1. The van der Waals surface area contributed by atoms with Gasteiger partial charge in [0.15, 0.2) is 0 Å². The zero-order valence-electron chi connectivity index (χ0n) is 10.0. The summed E-state index contributed by atoms with van der Waals surface area (Å²) in [6.07, 6.45) is 0.972. The van der Waals surface area contributed by atoms with Crippen molar-refractivity contribution in [1.82, 2.24) is 5.32 Å². The average molecular weight is 240 g/mol. The number of carboxylic acids is 1. The summed E-state index contributed by atoms with van der Waals surface area (Å²) in [7, 11) is 0. The highest BCUT2D eigenvalue weighted by Crippen LogP contribution is 2.09. The molecule has 0 aliphatic carbocycles. The number of carboxylic acid groups (broad SMARTS) is 1. The van der Waals surface area contributed by atoms with Crippen molar-refractivity contribution in [3.8, 4) is 5.75 Å². The Hall–Kier alpha value is -1.59. The summed E-state index contributed by atoms with van der Waals surface area (Å²) in [4.78, 5) is 9.00. The number of nitrogens with two attached hydrogens (primary N) is 1. The van der Waals surface area contributed by atoms with E-state index < -0.39 is 5.97 Å². The molecule has 0 aliphatic heterocycles. The molecule has 0 spiro atoms. The lowest BCUT2D eigenvalue weighted by Crippen LogP contribution is -2.24. The van der Waals surface area contributed by atoms with Gasteiger partial charge in [0.2, 0.25) is 0 Å². The van der Waals surface area contributed by atoms with E-state index in [-0.39, 0.29) is 0 Å². The summed E-state index contributed by atoms with van der Waals surface area (Å²) < 4.78 is 0. The van der Waals surface area contributed by atoms with Crippen LogP contribution in [-0.4, -0.2) is 35.8 Å². The van der Waals surface area contributed by atoms with Crippen LogP contribution in [0.2, 0.25) is 0 Å². The van der Waals surface area contributed by atoms with Gasteiger partial charge in [0.1, 0.15) is 5.75 Å². The Labute approximate surface area is 101 Å². The zero-order valence-corrected chi connectivity index (χ0v) is 10.0. The van der Waals surface area contributed by atoms with Gasteiger partial charge in [-0.1, -0.05) is 12.1 Å². The molecule has 96 valence electrons. The summed E-state index contributed by atoms with van der Waals surface area (Å²) in [6, 6.07) is 7.27. The first-order chi connectivity index (χ1) is 8.06. The third-order valence-corrected chi connectivity index (χ3v) is 1.85. The summed E-state index contributed by atoms with van der Waals surface area (Å²) in [5.41, 5.74) is 6.56. The van der Waals surface area contributed by atoms with Crippen molar-refractivity contribution >= 4 is 5.97 Å². The molecule has 0 amide bonds. The van der Waals surface area contributed by atoms with E-state index in [0.717, 1.165) is 26.4 Å². The smallest absolute Gasteiger partial charge is 0.300 e. The van der Waals surface area contributed by atoms with Gasteiger partial charge in [-0.15, -0.1) is 0 Å². The highest BCUT2D eigenvalue weighted by Gasteiger charge is 1.92. The standard InChI is InChI=1S/C10H16N2O.C2H4O2/c11-6-8-12-7-5-9-1-3-10(13)4-2-9;1-2(3)4/h1-4,12-13H,5-8,11H2;1H3,(H,3,4). The van der Waals surface area contributed by atoms with Gasteiger partial charge in [0.05, 0.1) is 0 Å². The maximum atomic E-state index is 9.03. The van der Waals surface area contributed by atoms with E-state index in [1.807, 2.05) is 12.1 Å². The number of aliphatic carboxylic acids is 1. The van der Waals surface area contributed by atoms with Gasteiger partial charge in [0.25, 0.3) is 5.97 Å². The van der Waals surface area contributed by atoms with Gasteiger partial charge in [-0.2, -0.15) is 0 Å². The van der Waals surface area contributed by atoms with Crippen molar-refractivity contribution in [3.63, 3.8) is 0 Å². The minimum Gasteiger partial charge on any atom is -0.508 e. The molecule has 0 saturated carbocycles. The van der Waals surface area contributed by atoms with Gasteiger partial charge in [-0.05, 0) is 30.7 Å². The average Bonchev–Trinajstić information content (AvgIpc) is 2.26. The van der Waals surface area contributed by atoms with Crippen molar-refractivity contribution in [2.75, 3.05) is 19.6 Å². The lowest BCUT2D eigenvalue weighted by molar-refractivity contribution is -0.134. The predicted octanol–water partition coefficient (Wildman–Crippen LogP) is 0.574. The quantitative estimate of drug-likeness (QED) is 0.564. The maximum absolute atomic E-state index is 9.03. The molecule has 0 saturated heterocycles. The van der Waals surface area contributed by atoms with E-state index in [1.54, 1.807) is 12.1 Å². The van der Waals surface area contributed by atoms with Crippen molar-refractivity contribution in [1.29, 1.82) is 0 Å². The molecule has 0 aliphatic rings. The number of nitrogens with one attached hydrogen (secondary N) is 1. The molecular formula is C12H20N2O3. The molecule has 1 aromatic rings. The topological polar surface area (TPSA) is 95.6 Å². The molecule has 5 N–H and O–H groups in total. The van der Waals surface area contributed by atoms with Crippen molar-refractivity contribution < 1.29 is 15.0 Å². The molecule has 5 nitrogen and oxygen atoms in total. The monoisotopic (exact) mass is 240 g/mol. The first-order valence-electron chi connectivity index (χ1n) is 5.44. The fraction of sp³-hybridized carbons (Fsp3) is 0.417. The molecule has 1 rings (SSSR count). The molecule has 0 radical (unpaired) electrons. The highest BCUT2D eigenvalue weighted by atomic mass is 16.4. The normalized spacial score (nSPS) is 9.29. The lowest BCUT2D eigenvalue weighted by Gasteiger charge is -2.02. The Bertz CT molecular complexity index is 308. The van der Waals surface area contributed by atoms with Crippen LogP contribution in [0, 0.1) is 0 Å². The van der Waals surface area contributed by atoms with Crippen LogP contribution in [0.15, 0.2) is 24.3 Å². The van der Waals surface area contributed by atoms with E-state index in [0.29, 0.717) is 12.3 Å². The van der Waals surface area contributed by atoms with E-state index in [1.165, 1.54) is 5.56 Å². The van der Waals surface area contributed by atoms with Crippen molar-refractivity contribution in [3.05, 3.63) is 29.8 Å². The second-order valence-electron chi connectivity index (χ2n) is 3.47. The Morgan fingerprint density at radius 3 is 2.29 bits per heavy atom. The molecule has 0 unspecified atom stereocenters. The van der Waals surface area contributed by atoms with Crippen LogP contribution < -0.4 is 11.1 Å². The number of phenolic OH excluding ortho intramolecular Hbond substituents is 1. The van der Waals surface area contributed by atoms with Crippen LogP contribution in [0.4, 0.5) is 0 Å². The molecule has 0 bridgehead atoms. The van der Waals surface area contributed by atoms with Crippen LogP contribution in [0.5, 0.6) is 5.75 Å². The van der Waals surface area contributed by atoms with Crippen LogP contribution >= 0.6 is 0 Å². The molecule has 0 heterocycles.